The lowest BCUT2D eigenvalue weighted by Gasteiger charge is -2.10. The van der Waals surface area contributed by atoms with Crippen molar-refractivity contribution in [3.05, 3.63) is 12.3 Å². The number of aromatic nitrogens is 2. The van der Waals surface area contributed by atoms with E-state index in [1.54, 1.807) is 6.07 Å². The summed E-state index contributed by atoms with van der Waals surface area (Å²) in [4.78, 5) is 0. The van der Waals surface area contributed by atoms with Gasteiger partial charge in [-0.15, -0.1) is 5.10 Å². The molecule has 0 radical (unpaired) electrons. The third-order valence-electron chi connectivity index (χ3n) is 2.09. The number of nitrogens with two attached hydrogens (primary N) is 1. The predicted molar refractivity (Wildman–Crippen MR) is 51.3 cm³/mol. The van der Waals surface area contributed by atoms with E-state index in [9.17, 15) is 0 Å². The molecule has 0 saturated carbocycles. The van der Waals surface area contributed by atoms with Gasteiger partial charge in [-0.3, -0.25) is 0 Å². The Labute approximate surface area is 76.7 Å². The Morgan fingerprint density at radius 3 is 3.23 bits per heavy atom. The van der Waals surface area contributed by atoms with Crippen molar-refractivity contribution in [2.24, 2.45) is 0 Å². The molecular weight excluding hydrogens is 166 g/mol. The van der Waals surface area contributed by atoms with Crippen LogP contribution in [0.4, 0.5) is 11.5 Å². The van der Waals surface area contributed by atoms with Crippen LogP contribution in [0.3, 0.4) is 0 Å². The second kappa shape index (κ2) is 3.57. The summed E-state index contributed by atoms with van der Waals surface area (Å²) >= 11 is 0. The Morgan fingerprint density at radius 1 is 1.62 bits per heavy atom. The summed E-state index contributed by atoms with van der Waals surface area (Å²) in [7, 11) is 0. The molecule has 0 amide bonds. The zero-order chi connectivity index (χ0) is 9.10. The van der Waals surface area contributed by atoms with Crippen LogP contribution in [0.1, 0.15) is 6.42 Å². The van der Waals surface area contributed by atoms with Crippen LogP contribution in [0, 0.1) is 0 Å². The van der Waals surface area contributed by atoms with E-state index in [0.29, 0.717) is 11.7 Å². The standard InChI is InChI=1S/C8H13N5/c9-6-3-8(13-11-4-6)12-7-1-2-10-5-7/h3-4,7,10H,1-2,5H2,(H3,9,12,13). The minimum absolute atomic E-state index is 0.455. The molecule has 13 heavy (non-hydrogen) atoms. The van der Waals surface area contributed by atoms with E-state index in [2.05, 4.69) is 20.8 Å². The lowest BCUT2D eigenvalue weighted by molar-refractivity contribution is 0.782. The van der Waals surface area contributed by atoms with E-state index in [1.807, 2.05) is 0 Å². The van der Waals surface area contributed by atoms with Gasteiger partial charge >= 0.3 is 0 Å². The van der Waals surface area contributed by atoms with Gasteiger partial charge in [-0.1, -0.05) is 0 Å². The third kappa shape index (κ3) is 2.06. The Balaban J connectivity index is 2.00. The van der Waals surface area contributed by atoms with E-state index in [-0.39, 0.29) is 0 Å². The predicted octanol–water partition coefficient (Wildman–Crippen LogP) is -0.167. The molecule has 70 valence electrons. The van der Waals surface area contributed by atoms with Crippen molar-refractivity contribution in [3.8, 4) is 0 Å². The van der Waals surface area contributed by atoms with E-state index < -0.39 is 0 Å². The fourth-order valence-electron chi connectivity index (χ4n) is 1.44. The number of nitrogens with one attached hydrogen (secondary N) is 2. The molecule has 1 aliphatic rings. The van der Waals surface area contributed by atoms with Crippen molar-refractivity contribution in [3.63, 3.8) is 0 Å². The van der Waals surface area contributed by atoms with Crippen LogP contribution in [0.15, 0.2) is 12.3 Å². The lowest BCUT2D eigenvalue weighted by Crippen LogP contribution is -2.22. The summed E-state index contributed by atoms with van der Waals surface area (Å²) in [5.41, 5.74) is 6.22. The fraction of sp³-hybridized carbons (Fsp3) is 0.500. The van der Waals surface area contributed by atoms with Crippen molar-refractivity contribution in [2.75, 3.05) is 24.1 Å². The molecule has 1 unspecified atom stereocenters. The Morgan fingerprint density at radius 2 is 2.54 bits per heavy atom. The first kappa shape index (κ1) is 8.25. The van der Waals surface area contributed by atoms with Crippen molar-refractivity contribution >= 4 is 11.5 Å². The van der Waals surface area contributed by atoms with Gasteiger partial charge in [-0.25, -0.2) is 0 Å². The SMILES string of the molecule is Nc1cnnc(NC2CCNC2)c1. The van der Waals surface area contributed by atoms with Gasteiger partial charge in [0.25, 0.3) is 0 Å². The number of nitrogen functional groups attached to an aromatic ring is 1. The summed E-state index contributed by atoms with van der Waals surface area (Å²) < 4.78 is 0. The smallest absolute Gasteiger partial charge is 0.150 e. The maximum absolute atomic E-state index is 5.57. The zero-order valence-electron chi connectivity index (χ0n) is 7.33. The van der Waals surface area contributed by atoms with Gasteiger partial charge in [0.2, 0.25) is 0 Å². The molecule has 0 aromatic carbocycles. The van der Waals surface area contributed by atoms with Gasteiger partial charge in [0.05, 0.1) is 11.9 Å². The van der Waals surface area contributed by atoms with Gasteiger partial charge in [-0.05, 0) is 13.0 Å². The van der Waals surface area contributed by atoms with E-state index in [0.717, 1.165) is 25.3 Å². The molecule has 1 atom stereocenters. The minimum atomic E-state index is 0.455. The third-order valence-corrected chi connectivity index (χ3v) is 2.09. The monoisotopic (exact) mass is 179 g/mol. The molecule has 1 aromatic heterocycles. The first-order valence-corrected chi connectivity index (χ1v) is 4.40. The number of rotatable bonds is 2. The van der Waals surface area contributed by atoms with E-state index in [4.69, 9.17) is 5.73 Å². The van der Waals surface area contributed by atoms with Crippen LogP contribution >= 0.6 is 0 Å². The molecular formula is C8H13N5. The molecule has 1 aliphatic heterocycles. The number of anilines is 2. The summed E-state index contributed by atoms with van der Waals surface area (Å²) in [5.74, 6) is 0.758. The van der Waals surface area contributed by atoms with Crippen LogP contribution < -0.4 is 16.4 Å². The molecule has 4 N–H and O–H groups in total. The summed E-state index contributed by atoms with van der Waals surface area (Å²) in [5, 5.41) is 14.2. The van der Waals surface area contributed by atoms with Crippen molar-refractivity contribution in [1.29, 1.82) is 0 Å². The Hall–Kier alpha value is -1.36. The van der Waals surface area contributed by atoms with Crippen LogP contribution in [-0.4, -0.2) is 29.3 Å². The highest BCUT2D eigenvalue weighted by Crippen LogP contribution is 2.10. The van der Waals surface area contributed by atoms with Gasteiger partial charge in [-0.2, -0.15) is 5.10 Å². The molecule has 0 aliphatic carbocycles. The van der Waals surface area contributed by atoms with E-state index >= 15 is 0 Å². The highest BCUT2D eigenvalue weighted by molar-refractivity contribution is 5.46. The summed E-state index contributed by atoms with van der Waals surface area (Å²) in [6, 6.07) is 2.25. The van der Waals surface area contributed by atoms with E-state index in [1.165, 1.54) is 6.20 Å². The molecule has 5 heteroatoms. The van der Waals surface area contributed by atoms with Crippen LogP contribution in [0.5, 0.6) is 0 Å². The number of hydrogen-bond donors (Lipinski definition) is 3. The molecule has 0 spiro atoms. The van der Waals surface area contributed by atoms with Crippen LogP contribution in [0.25, 0.3) is 0 Å². The molecule has 2 heterocycles. The lowest BCUT2D eigenvalue weighted by atomic mass is 10.2. The maximum Gasteiger partial charge on any atom is 0.150 e. The van der Waals surface area contributed by atoms with Gasteiger partial charge in [0.1, 0.15) is 0 Å². The first-order chi connectivity index (χ1) is 6.34. The first-order valence-electron chi connectivity index (χ1n) is 4.40. The summed E-state index contributed by atoms with van der Waals surface area (Å²) in [6.45, 7) is 2.05. The van der Waals surface area contributed by atoms with Crippen LogP contribution in [-0.2, 0) is 0 Å². The molecule has 1 fully saturated rings. The molecule has 2 rings (SSSR count). The molecule has 0 bridgehead atoms. The largest absolute Gasteiger partial charge is 0.397 e. The van der Waals surface area contributed by atoms with Crippen molar-refractivity contribution in [2.45, 2.75) is 12.5 Å². The number of hydrogen-bond acceptors (Lipinski definition) is 5. The maximum atomic E-state index is 5.57. The highest BCUT2D eigenvalue weighted by Gasteiger charge is 2.14. The fourth-order valence-corrected chi connectivity index (χ4v) is 1.44. The quantitative estimate of drug-likeness (QED) is 0.588. The Bertz CT molecular complexity index is 282. The van der Waals surface area contributed by atoms with Gasteiger partial charge in [0.15, 0.2) is 5.82 Å². The number of nitrogens with zero attached hydrogens (tertiary/aromatic N) is 2. The highest BCUT2D eigenvalue weighted by atomic mass is 15.2. The molecule has 5 nitrogen and oxygen atoms in total. The average Bonchev–Trinajstić information content (AvgIpc) is 2.57. The van der Waals surface area contributed by atoms with Crippen molar-refractivity contribution < 1.29 is 0 Å². The Kier molecular flexibility index (Phi) is 2.27. The molecule has 1 saturated heterocycles. The van der Waals surface area contributed by atoms with Crippen molar-refractivity contribution in [1.82, 2.24) is 15.5 Å². The average molecular weight is 179 g/mol. The van der Waals surface area contributed by atoms with Crippen LogP contribution in [0.2, 0.25) is 0 Å². The normalized spacial score (nSPS) is 21.7. The minimum Gasteiger partial charge on any atom is -0.397 e. The second-order valence-electron chi connectivity index (χ2n) is 3.21. The second-order valence-corrected chi connectivity index (χ2v) is 3.21. The molecule has 1 aromatic rings. The van der Waals surface area contributed by atoms with Gasteiger partial charge in [0, 0.05) is 18.7 Å². The van der Waals surface area contributed by atoms with Gasteiger partial charge < -0.3 is 16.4 Å². The summed E-state index contributed by atoms with van der Waals surface area (Å²) in [6.07, 6.45) is 2.66. The topological polar surface area (TPSA) is 75.9 Å². The zero-order valence-corrected chi connectivity index (χ0v) is 7.33.